The summed E-state index contributed by atoms with van der Waals surface area (Å²) in [5, 5.41) is 8.76. The fraction of sp³-hybridized carbons (Fsp3) is 0.553. The Hall–Kier alpha value is -5.61. The highest BCUT2D eigenvalue weighted by Gasteiger charge is 2.43. The zero-order valence-electron chi connectivity index (χ0n) is 31.6. The molecule has 2 bridgehead atoms. The first-order chi connectivity index (χ1) is 26.5. The molecule has 0 spiro atoms. The van der Waals surface area contributed by atoms with Gasteiger partial charge in [-0.25, -0.2) is 14.4 Å². The summed E-state index contributed by atoms with van der Waals surface area (Å²) in [5.74, 6) is 0. The number of nitrogens with one attached hydrogen (secondary N) is 2. The molecule has 55 heavy (non-hydrogen) atoms. The van der Waals surface area contributed by atoms with E-state index in [1.54, 1.807) is 4.90 Å². The lowest BCUT2D eigenvalue weighted by Crippen LogP contribution is -2.47. The van der Waals surface area contributed by atoms with Crippen LogP contribution in [0.3, 0.4) is 0 Å². The monoisotopic (exact) mass is 761 g/mol. The molecule has 3 aliphatic rings. The summed E-state index contributed by atoms with van der Waals surface area (Å²) in [6.07, 6.45) is 11.8. The van der Waals surface area contributed by atoms with Gasteiger partial charge in [-0.05, 0) is 82.8 Å². The number of aromatic amines is 2. The van der Waals surface area contributed by atoms with Crippen LogP contribution in [-0.2, 0) is 17.6 Å². The van der Waals surface area contributed by atoms with E-state index in [4.69, 9.17) is 23.2 Å². The number of fused-ring (bicyclic) bond motifs is 4. The first-order valence-corrected chi connectivity index (χ1v) is 19.1. The highest BCUT2D eigenvalue weighted by Crippen LogP contribution is 2.35. The highest BCUT2D eigenvalue weighted by atomic mass is 16.6. The van der Waals surface area contributed by atoms with Crippen molar-refractivity contribution in [2.24, 2.45) is 10.3 Å². The number of amides is 1. The normalized spacial score (nSPS) is 17.9. The predicted molar refractivity (Wildman–Crippen MR) is 203 cm³/mol. The first-order valence-electron chi connectivity index (χ1n) is 19.1. The third-order valence-electron chi connectivity index (χ3n) is 9.84. The second kappa shape index (κ2) is 17.7. The van der Waals surface area contributed by atoms with Gasteiger partial charge in [0.25, 0.3) is 11.1 Å². The minimum absolute atomic E-state index is 0.00147. The van der Waals surface area contributed by atoms with Crippen LogP contribution in [0.2, 0.25) is 0 Å². The van der Waals surface area contributed by atoms with Gasteiger partial charge in [0.15, 0.2) is 0 Å². The molecule has 17 nitrogen and oxygen atoms in total. The molecule has 1 amide bonds. The Labute approximate surface area is 315 Å². The molecule has 6 heterocycles. The van der Waals surface area contributed by atoms with E-state index in [1.807, 2.05) is 20.8 Å². The maximum Gasteiger partial charge on any atom is 0.410 e. The minimum Gasteiger partial charge on any atom is -0.447 e. The van der Waals surface area contributed by atoms with Gasteiger partial charge in [0.2, 0.25) is 11.4 Å². The molecular weight excluding hydrogens is 714 g/mol. The van der Waals surface area contributed by atoms with Crippen molar-refractivity contribution < 1.29 is 28.0 Å². The van der Waals surface area contributed by atoms with Crippen molar-refractivity contribution in [1.82, 2.24) is 24.8 Å². The Morgan fingerprint density at radius 1 is 0.818 bits per heavy atom. The van der Waals surface area contributed by atoms with Crippen molar-refractivity contribution in [2.45, 2.75) is 136 Å². The zero-order valence-corrected chi connectivity index (χ0v) is 31.6. The minimum atomic E-state index is -0.577. The quantitative estimate of drug-likeness (QED) is 0.148. The third-order valence-corrected chi connectivity index (χ3v) is 9.84. The number of carbonyl (C=O) groups is 1. The van der Waals surface area contributed by atoms with E-state index in [9.17, 15) is 24.0 Å². The van der Waals surface area contributed by atoms with Crippen LogP contribution in [-0.4, -0.2) is 60.5 Å². The van der Waals surface area contributed by atoms with Crippen LogP contribution in [0.5, 0.6) is 12.0 Å². The molecule has 1 aliphatic carbocycles. The third kappa shape index (κ3) is 9.56. The van der Waals surface area contributed by atoms with E-state index in [1.165, 1.54) is 18.6 Å². The van der Waals surface area contributed by atoms with E-state index >= 15 is 0 Å². The SMILES string of the molecule is CCCCCc1cc(=O)oc2nc(ON=C3CCCCC3)[nH]c(=O)c12.CCc1cc(=O)oc2nc(ON=C3CC4CCC(C3)N4C(=O)OC(C)C)[nH]c(=O)c12. The number of H-pyrrole nitrogens is 2. The van der Waals surface area contributed by atoms with Crippen molar-refractivity contribution >= 4 is 39.7 Å². The molecule has 2 aliphatic heterocycles. The number of aryl methyl sites for hydroxylation is 2. The van der Waals surface area contributed by atoms with E-state index in [0.717, 1.165) is 69.2 Å². The molecule has 2 atom stereocenters. The van der Waals surface area contributed by atoms with E-state index in [0.29, 0.717) is 42.2 Å². The highest BCUT2D eigenvalue weighted by molar-refractivity contribution is 5.88. The number of oxime groups is 2. The topological polar surface area (TPSA) is 225 Å². The van der Waals surface area contributed by atoms with Crippen LogP contribution >= 0.6 is 0 Å². The molecule has 2 unspecified atom stereocenters. The number of hydrogen-bond acceptors (Lipinski definition) is 14. The molecule has 2 saturated heterocycles. The van der Waals surface area contributed by atoms with E-state index in [-0.39, 0.29) is 58.7 Å². The Morgan fingerprint density at radius 3 is 1.91 bits per heavy atom. The second-order valence-electron chi connectivity index (χ2n) is 14.3. The van der Waals surface area contributed by atoms with Gasteiger partial charge in [0.1, 0.15) is 10.8 Å². The maximum absolute atomic E-state index is 12.4. The van der Waals surface area contributed by atoms with Gasteiger partial charge >= 0.3 is 29.4 Å². The molecule has 0 radical (unpaired) electrons. The number of unbranched alkanes of at least 4 members (excludes halogenated alkanes) is 2. The Kier molecular flexibility index (Phi) is 12.6. The maximum atomic E-state index is 12.4. The standard InChI is InChI=1S/C20H24N4O6.C18H23N3O4/c1-4-11-7-15(25)29-18-16(11)17(26)21-19(22-18)30-23-12-8-13-5-6-14(9-12)24(13)20(27)28-10(2)3;1-2-3-5-8-12-11-14(22)24-17-15(12)16(23)19-18(20-17)25-21-13-9-6-4-7-10-13/h7,10,13-14H,4-6,8-9H2,1-3H3,(H,21,22,26);11H,2-10H2,1H3,(H,19,20,23). The summed E-state index contributed by atoms with van der Waals surface area (Å²) in [7, 11) is 0. The van der Waals surface area contributed by atoms with Crippen LogP contribution in [0, 0.1) is 0 Å². The van der Waals surface area contributed by atoms with Gasteiger partial charge in [0.05, 0.1) is 17.5 Å². The largest absolute Gasteiger partial charge is 0.447 e. The van der Waals surface area contributed by atoms with Gasteiger partial charge in [0, 0.05) is 37.1 Å². The Bertz CT molecular complexity index is 2300. The smallest absolute Gasteiger partial charge is 0.410 e. The zero-order chi connectivity index (χ0) is 39.1. The summed E-state index contributed by atoms with van der Waals surface area (Å²) in [4.78, 5) is 86.4. The molecule has 294 valence electrons. The van der Waals surface area contributed by atoms with E-state index < -0.39 is 16.8 Å². The average Bonchev–Trinajstić information content (AvgIpc) is 3.42. The summed E-state index contributed by atoms with van der Waals surface area (Å²) in [6, 6.07) is 2.50. The number of aromatic nitrogens is 4. The molecule has 2 N–H and O–H groups in total. The lowest BCUT2D eigenvalue weighted by Gasteiger charge is -2.34. The summed E-state index contributed by atoms with van der Waals surface area (Å²) in [6.45, 7) is 7.59. The van der Waals surface area contributed by atoms with Crippen LogP contribution in [0.4, 0.5) is 4.79 Å². The number of piperidine rings is 1. The van der Waals surface area contributed by atoms with Crippen molar-refractivity contribution in [3.05, 3.63) is 64.8 Å². The van der Waals surface area contributed by atoms with Gasteiger partial charge < -0.3 is 28.1 Å². The molecule has 3 fully saturated rings. The Morgan fingerprint density at radius 2 is 1.36 bits per heavy atom. The summed E-state index contributed by atoms with van der Waals surface area (Å²) < 4.78 is 15.5. The van der Waals surface area contributed by atoms with Crippen LogP contribution in [0.25, 0.3) is 22.2 Å². The number of ether oxygens (including phenoxy) is 1. The van der Waals surface area contributed by atoms with Crippen LogP contribution < -0.4 is 32.0 Å². The average molecular weight is 762 g/mol. The molecule has 7 rings (SSSR count). The van der Waals surface area contributed by atoms with Gasteiger partial charge in [-0.1, -0.05) is 43.4 Å². The number of hydrogen-bond donors (Lipinski definition) is 2. The lowest BCUT2D eigenvalue weighted by molar-refractivity contribution is 0.0595. The molecule has 1 saturated carbocycles. The molecule has 4 aromatic rings. The van der Waals surface area contributed by atoms with E-state index in [2.05, 4.69) is 37.2 Å². The molecule has 4 aromatic heterocycles. The van der Waals surface area contributed by atoms with Crippen molar-refractivity contribution in [3.63, 3.8) is 0 Å². The van der Waals surface area contributed by atoms with Crippen molar-refractivity contribution in [2.75, 3.05) is 0 Å². The number of carbonyl (C=O) groups excluding carboxylic acids is 1. The number of nitrogens with zero attached hydrogens (tertiary/aromatic N) is 5. The van der Waals surface area contributed by atoms with Crippen LogP contribution in [0.15, 0.2) is 50.5 Å². The summed E-state index contributed by atoms with van der Waals surface area (Å²) in [5.41, 5.74) is 0.969. The first kappa shape index (κ1) is 39.1. The predicted octanol–water partition coefficient (Wildman–Crippen LogP) is 5.65. The fourth-order valence-electron chi connectivity index (χ4n) is 7.28. The fourth-order valence-corrected chi connectivity index (χ4v) is 7.28. The van der Waals surface area contributed by atoms with Crippen molar-refractivity contribution in [3.8, 4) is 12.0 Å². The Balaban J connectivity index is 0.000000190. The van der Waals surface area contributed by atoms with Gasteiger partial charge in [-0.2, -0.15) is 9.97 Å². The van der Waals surface area contributed by atoms with Crippen molar-refractivity contribution in [1.29, 1.82) is 0 Å². The van der Waals surface area contributed by atoms with Gasteiger partial charge in [-0.3, -0.25) is 19.6 Å². The number of rotatable bonds is 10. The van der Waals surface area contributed by atoms with Crippen LogP contribution in [0.1, 0.15) is 116 Å². The molecule has 0 aromatic carbocycles. The lowest BCUT2D eigenvalue weighted by atomic mass is 9.99. The molecule has 17 heteroatoms. The summed E-state index contributed by atoms with van der Waals surface area (Å²) >= 11 is 0. The second-order valence-corrected chi connectivity index (χ2v) is 14.3. The molecular formula is C38H47N7O10. The van der Waals surface area contributed by atoms with Gasteiger partial charge in [-0.15, -0.1) is 0 Å².